The summed E-state index contributed by atoms with van der Waals surface area (Å²) in [7, 11) is 0. The van der Waals surface area contributed by atoms with Crippen LogP contribution in [0.5, 0.6) is 0 Å². The van der Waals surface area contributed by atoms with Crippen LogP contribution in [0.2, 0.25) is 0 Å². The average Bonchev–Trinajstić information content (AvgIpc) is 2.48. The van der Waals surface area contributed by atoms with Gasteiger partial charge in [0, 0.05) is 18.7 Å². The van der Waals surface area contributed by atoms with Gasteiger partial charge in [-0.3, -0.25) is 9.69 Å². The molecule has 1 heterocycles. The molecule has 1 aromatic carbocycles. The molecule has 1 saturated heterocycles. The second kappa shape index (κ2) is 5.97. The van der Waals surface area contributed by atoms with Gasteiger partial charge in [-0.05, 0) is 19.4 Å². The van der Waals surface area contributed by atoms with Crippen molar-refractivity contribution in [2.75, 3.05) is 13.1 Å². The topological polar surface area (TPSA) is 40.5 Å². The quantitative estimate of drug-likeness (QED) is 0.530. The van der Waals surface area contributed by atoms with E-state index in [2.05, 4.69) is 0 Å². The first-order valence-electron chi connectivity index (χ1n) is 6.28. The summed E-state index contributed by atoms with van der Waals surface area (Å²) >= 11 is 0. The predicted molar refractivity (Wildman–Crippen MR) is 61.9 cm³/mol. The largest absolute Gasteiger partial charge is 0.481 e. The van der Waals surface area contributed by atoms with Crippen LogP contribution in [0.3, 0.4) is 0 Å². The lowest BCUT2D eigenvalue weighted by Gasteiger charge is -2.30. The van der Waals surface area contributed by atoms with Crippen molar-refractivity contribution in [2.45, 2.75) is 19.4 Å². The number of aliphatic carboxylic acids is 1. The van der Waals surface area contributed by atoms with E-state index in [1.54, 1.807) is 0 Å². The number of carboxylic acids is 1. The standard InChI is InChI=1S/C13H12F5NO2/c14-8-7(9(15)11(17)12(18)10(8)16)5-19-3-1-2-6(4-19)13(20)21/h6H,1-5H2,(H,20,21). The summed E-state index contributed by atoms with van der Waals surface area (Å²) in [6.45, 7) is -0.173. The van der Waals surface area contributed by atoms with Crippen LogP contribution in [-0.4, -0.2) is 29.1 Å². The SMILES string of the molecule is O=C(O)C1CCCN(Cc2c(F)c(F)c(F)c(F)c2F)C1. The highest BCUT2D eigenvalue weighted by molar-refractivity contribution is 5.70. The third-order valence-corrected chi connectivity index (χ3v) is 3.54. The summed E-state index contributed by atoms with van der Waals surface area (Å²) in [4.78, 5) is 12.3. The third kappa shape index (κ3) is 2.99. The van der Waals surface area contributed by atoms with Crippen molar-refractivity contribution in [2.24, 2.45) is 5.92 Å². The maximum absolute atomic E-state index is 13.5. The summed E-state index contributed by atoms with van der Waals surface area (Å²) in [5.41, 5.74) is -0.933. The first-order chi connectivity index (χ1) is 9.82. The summed E-state index contributed by atoms with van der Waals surface area (Å²) < 4.78 is 66.2. The number of benzene rings is 1. The van der Waals surface area contributed by atoms with Gasteiger partial charge in [0.15, 0.2) is 23.3 Å². The first kappa shape index (κ1) is 15.7. The molecule has 1 atom stereocenters. The lowest BCUT2D eigenvalue weighted by atomic mass is 9.97. The molecule has 0 radical (unpaired) electrons. The van der Waals surface area contributed by atoms with Crippen LogP contribution in [0.25, 0.3) is 0 Å². The van der Waals surface area contributed by atoms with Crippen molar-refractivity contribution in [1.82, 2.24) is 4.90 Å². The number of piperidine rings is 1. The average molecular weight is 309 g/mol. The zero-order valence-electron chi connectivity index (χ0n) is 10.8. The predicted octanol–water partition coefficient (Wildman–Crippen LogP) is 2.68. The molecule has 3 nitrogen and oxygen atoms in total. The lowest BCUT2D eigenvalue weighted by Crippen LogP contribution is -2.38. The molecule has 1 unspecified atom stereocenters. The zero-order valence-corrected chi connectivity index (χ0v) is 10.8. The molecule has 0 aliphatic carbocycles. The van der Waals surface area contributed by atoms with E-state index in [9.17, 15) is 26.7 Å². The molecule has 0 spiro atoms. The number of carboxylic acid groups (broad SMARTS) is 1. The number of halogens is 5. The van der Waals surface area contributed by atoms with Gasteiger partial charge in [-0.2, -0.15) is 0 Å². The van der Waals surface area contributed by atoms with Crippen LogP contribution < -0.4 is 0 Å². The van der Waals surface area contributed by atoms with E-state index >= 15 is 0 Å². The molecule has 116 valence electrons. The molecule has 0 bridgehead atoms. The van der Waals surface area contributed by atoms with Crippen molar-refractivity contribution in [3.63, 3.8) is 0 Å². The molecule has 0 saturated carbocycles. The minimum Gasteiger partial charge on any atom is -0.481 e. The fraction of sp³-hybridized carbons (Fsp3) is 0.462. The molecular weight excluding hydrogens is 297 g/mol. The second-order valence-corrected chi connectivity index (χ2v) is 4.96. The Morgan fingerprint density at radius 2 is 1.57 bits per heavy atom. The van der Waals surface area contributed by atoms with E-state index in [1.807, 2.05) is 0 Å². The molecule has 1 aromatic rings. The summed E-state index contributed by atoms with van der Waals surface area (Å²) in [6, 6.07) is 0. The van der Waals surface area contributed by atoms with E-state index < -0.39 is 53.1 Å². The summed E-state index contributed by atoms with van der Waals surface area (Å²) in [6.07, 6.45) is 0.898. The molecular formula is C13H12F5NO2. The van der Waals surface area contributed by atoms with Gasteiger partial charge >= 0.3 is 5.97 Å². The lowest BCUT2D eigenvalue weighted by molar-refractivity contribution is -0.143. The fourth-order valence-electron chi connectivity index (χ4n) is 2.41. The summed E-state index contributed by atoms with van der Waals surface area (Å²) in [5.74, 6) is -11.7. The van der Waals surface area contributed by atoms with Crippen LogP contribution in [0, 0.1) is 35.0 Å². The molecule has 21 heavy (non-hydrogen) atoms. The normalized spacial score (nSPS) is 19.8. The van der Waals surface area contributed by atoms with E-state index in [0.29, 0.717) is 19.4 Å². The van der Waals surface area contributed by atoms with Crippen molar-refractivity contribution in [3.05, 3.63) is 34.6 Å². The Bertz CT molecular complexity index is 549. The molecule has 0 amide bonds. The molecule has 1 fully saturated rings. The third-order valence-electron chi connectivity index (χ3n) is 3.54. The molecule has 1 N–H and O–H groups in total. The number of likely N-dealkylation sites (tertiary alicyclic amines) is 1. The Balaban J connectivity index is 2.26. The van der Waals surface area contributed by atoms with Gasteiger partial charge < -0.3 is 5.11 Å². The van der Waals surface area contributed by atoms with E-state index in [0.717, 1.165) is 0 Å². The highest BCUT2D eigenvalue weighted by atomic mass is 19.2. The van der Waals surface area contributed by atoms with E-state index in [-0.39, 0.29) is 6.54 Å². The first-order valence-corrected chi connectivity index (χ1v) is 6.28. The molecule has 1 aliphatic heterocycles. The minimum absolute atomic E-state index is 0.00876. The monoisotopic (exact) mass is 309 g/mol. The Hall–Kier alpha value is -1.70. The van der Waals surface area contributed by atoms with Gasteiger partial charge in [0.2, 0.25) is 5.82 Å². The maximum Gasteiger partial charge on any atom is 0.307 e. The Kier molecular flexibility index (Phi) is 4.46. The van der Waals surface area contributed by atoms with Gasteiger partial charge in [0.1, 0.15) is 0 Å². The van der Waals surface area contributed by atoms with Crippen LogP contribution in [-0.2, 0) is 11.3 Å². The fourth-order valence-corrected chi connectivity index (χ4v) is 2.41. The van der Waals surface area contributed by atoms with Crippen LogP contribution in [0.1, 0.15) is 18.4 Å². The highest BCUT2D eigenvalue weighted by Gasteiger charge is 2.30. The van der Waals surface area contributed by atoms with Gasteiger partial charge in [0.25, 0.3) is 0 Å². The smallest absolute Gasteiger partial charge is 0.307 e. The van der Waals surface area contributed by atoms with Crippen LogP contribution in [0.15, 0.2) is 0 Å². The van der Waals surface area contributed by atoms with Gasteiger partial charge in [-0.15, -0.1) is 0 Å². The van der Waals surface area contributed by atoms with Crippen molar-refractivity contribution in [3.8, 4) is 0 Å². The number of rotatable bonds is 3. The van der Waals surface area contributed by atoms with Crippen LogP contribution >= 0.6 is 0 Å². The number of hydrogen-bond acceptors (Lipinski definition) is 2. The Labute approximate surface area is 117 Å². The molecule has 2 rings (SSSR count). The number of nitrogens with zero attached hydrogens (tertiary/aromatic N) is 1. The number of carbonyl (C=O) groups is 1. The highest BCUT2D eigenvalue weighted by Crippen LogP contribution is 2.26. The second-order valence-electron chi connectivity index (χ2n) is 4.96. The number of hydrogen-bond donors (Lipinski definition) is 1. The van der Waals surface area contributed by atoms with Gasteiger partial charge in [-0.25, -0.2) is 22.0 Å². The Morgan fingerprint density at radius 1 is 1.05 bits per heavy atom. The van der Waals surface area contributed by atoms with Gasteiger partial charge in [-0.1, -0.05) is 0 Å². The van der Waals surface area contributed by atoms with E-state index in [1.165, 1.54) is 4.90 Å². The molecule has 0 aromatic heterocycles. The summed E-state index contributed by atoms with van der Waals surface area (Å²) in [5, 5.41) is 8.91. The molecule has 1 aliphatic rings. The van der Waals surface area contributed by atoms with Gasteiger partial charge in [0.05, 0.1) is 5.92 Å². The van der Waals surface area contributed by atoms with Crippen molar-refractivity contribution in [1.29, 1.82) is 0 Å². The maximum atomic E-state index is 13.5. The van der Waals surface area contributed by atoms with E-state index in [4.69, 9.17) is 5.11 Å². The Morgan fingerprint density at radius 3 is 2.10 bits per heavy atom. The zero-order chi connectivity index (χ0) is 15.7. The van der Waals surface area contributed by atoms with Crippen LogP contribution in [0.4, 0.5) is 22.0 Å². The minimum atomic E-state index is -2.20. The molecule has 8 heteroatoms. The van der Waals surface area contributed by atoms with Crippen molar-refractivity contribution < 1.29 is 31.9 Å². The van der Waals surface area contributed by atoms with Crippen molar-refractivity contribution >= 4 is 5.97 Å².